The molecule has 1 aromatic carbocycles. The number of aryl methyl sites for hydroxylation is 2. The SMILES string of the molecule is CCOc1cc(CNCc2nc(C)c(C)o2)ccc1O. The van der Waals surface area contributed by atoms with E-state index in [1.165, 1.54) is 0 Å². The first kappa shape index (κ1) is 14.4. The maximum atomic E-state index is 9.63. The van der Waals surface area contributed by atoms with Crippen molar-refractivity contribution in [1.29, 1.82) is 0 Å². The molecule has 2 N–H and O–H groups in total. The minimum atomic E-state index is 0.162. The molecular formula is C15H20N2O3. The first-order valence-corrected chi connectivity index (χ1v) is 6.68. The van der Waals surface area contributed by atoms with Crippen molar-refractivity contribution in [3.8, 4) is 11.5 Å². The van der Waals surface area contributed by atoms with E-state index in [0.29, 0.717) is 31.3 Å². The average molecular weight is 276 g/mol. The van der Waals surface area contributed by atoms with Crippen LogP contribution in [-0.2, 0) is 13.1 Å². The van der Waals surface area contributed by atoms with Crippen LogP contribution in [0.25, 0.3) is 0 Å². The van der Waals surface area contributed by atoms with Crippen molar-refractivity contribution in [2.75, 3.05) is 6.61 Å². The van der Waals surface area contributed by atoms with Gasteiger partial charge < -0.3 is 19.6 Å². The van der Waals surface area contributed by atoms with Crippen molar-refractivity contribution in [3.63, 3.8) is 0 Å². The first-order chi connectivity index (χ1) is 9.60. The van der Waals surface area contributed by atoms with Crippen molar-refractivity contribution in [2.45, 2.75) is 33.9 Å². The summed E-state index contributed by atoms with van der Waals surface area (Å²) in [6, 6.07) is 5.33. The minimum Gasteiger partial charge on any atom is -0.504 e. The number of aromatic nitrogens is 1. The van der Waals surface area contributed by atoms with Crippen LogP contribution in [0.5, 0.6) is 11.5 Å². The van der Waals surface area contributed by atoms with Gasteiger partial charge in [-0.1, -0.05) is 6.07 Å². The Bertz CT molecular complexity index is 559. The summed E-state index contributed by atoms with van der Waals surface area (Å²) in [5.74, 6) is 2.21. The van der Waals surface area contributed by atoms with E-state index in [0.717, 1.165) is 17.0 Å². The summed E-state index contributed by atoms with van der Waals surface area (Å²) in [7, 11) is 0. The van der Waals surface area contributed by atoms with E-state index in [9.17, 15) is 5.11 Å². The third-order valence-corrected chi connectivity index (χ3v) is 3.00. The lowest BCUT2D eigenvalue weighted by Crippen LogP contribution is -2.13. The van der Waals surface area contributed by atoms with E-state index in [4.69, 9.17) is 9.15 Å². The van der Waals surface area contributed by atoms with Gasteiger partial charge in [0.15, 0.2) is 11.5 Å². The molecule has 0 fully saturated rings. The van der Waals surface area contributed by atoms with E-state index in [1.54, 1.807) is 6.07 Å². The predicted molar refractivity (Wildman–Crippen MR) is 75.8 cm³/mol. The zero-order valence-electron chi connectivity index (χ0n) is 12.1. The van der Waals surface area contributed by atoms with Crippen LogP contribution in [0.2, 0.25) is 0 Å². The minimum absolute atomic E-state index is 0.162. The van der Waals surface area contributed by atoms with Crippen LogP contribution in [0.4, 0.5) is 0 Å². The smallest absolute Gasteiger partial charge is 0.208 e. The number of aromatic hydroxyl groups is 1. The fraction of sp³-hybridized carbons (Fsp3) is 0.400. The van der Waals surface area contributed by atoms with Crippen molar-refractivity contribution in [2.24, 2.45) is 0 Å². The molecule has 1 heterocycles. The second-order valence-corrected chi connectivity index (χ2v) is 4.59. The number of oxazole rings is 1. The Hall–Kier alpha value is -2.01. The van der Waals surface area contributed by atoms with Gasteiger partial charge in [0.25, 0.3) is 0 Å². The quantitative estimate of drug-likeness (QED) is 0.849. The normalized spacial score (nSPS) is 10.8. The monoisotopic (exact) mass is 276 g/mol. The number of phenols is 1. The van der Waals surface area contributed by atoms with Crippen LogP contribution in [0.3, 0.4) is 0 Å². The van der Waals surface area contributed by atoms with E-state index < -0.39 is 0 Å². The van der Waals surface area contributed by atoms with E-state index in [1.807, 2.05) is 32.9 Å². The molecule has 5 heteroatoms. The maximum absolute atomic E-state index is 9.63. The lowest BCUT2D eigenvalue weighted by molar-refractivity contribution is 0.317. The van der Waals surface area contributed by atoms with Crippen molar-refractivity contribution >= 4 is 0 Å². The highest BCUT2D eigenvalue weighted by molar-refractivity contribution is 5.41. The van der Waals surface area contributed by atoms with Gasteiger partial charge in [-0.25, -0.2) is 4.98 Å². The van der Waals surface area contributed by atoms with Crippen molar-refractivity contribution in [1.82, 2.24) is 10.3 Å². The van der Waals surface area contributed by atoms with Gasteiger partial charge in [0.05, 0.1) is 18.8 Å². The van der Waals surface area contributed by atoms with Crippen LogP contribution in [0.15, 0.2) is 22.6 Å². The molecule has 2 rings (SSSR count). The Balaban J connectivity index is 1.92. The number of ether oxygens (including phenoxy) is 1. The fourth-order valence-corrected chi connectivity index (χ4v) is 1.87. The predicted octanol–water partition coefficient (Wildman–Crippen LogP) is 2.69. The Morgan fingerprint density at radius 2 is 2.10 bits per heavy atom. The molecule has 0 amide bonds. The van der Waals surface area contributed by atoms with Gasteiger partial charge in [-0.05, 0) is 38.5 Å². The molecule has 0 unspecified atom stereocenters. The van der Waals surface area contributed by atoms with Gasteiger partial charge in [-0.15, -0.1) is 0 Å². The number of benzene rings is 1. The molecule has 2 aromatic rings. The highest BCUT2D eigenvalue weighted by Crippen LogP contribution is 2.26. The summed E-state index contributed by atoms with van der Waals surface area (Å²) >= 11 is 0. The summed E-state index contributed by atoms with van der Waals surface area (Å²) in [4.78, 5) is 4.31. The number of nitrogens with zero attached hydrogens (tertiary/aromatic N) is 1. The molecule has 0 spiro atoms. The third-order valence-electron chi connectivity index (χ3n) is 3.00. The van der Waals surface area contributed by atoms with Crippen molar-refractivity contribution < 1.29 is 14.3 Å². The molecule has 0 aliphatic rings. The highest BCUT2D eigenvalue weighted by atomic mass is 16.5. The molecule has 1 aromatic heterocycles. The molecule has 0 radical (unpaired) electrons. The largest absolute Gasteiger partial charge is 0.504 e. The molecule has 0 saturated carbocycles. The van der Waals surface area contributed by atoms with E-state index in [2.05, 4.69) is 10.3 Å². The zero-order valence-corrected chi connectivity index (χ0v) is 12.1. The summed E-state index contributed by atoms with van der Waals surface area (Å²) in [6.07, 6.45) is 0. The van der Waals surface area contributed by atoms with Gasteiger partial charge in [0.1, 0.15) is 5.76 Å². The maximum Gasteiger partial charge on any atom is 0.208 e. The molecule has 0 atom stereocenters. The van der Waals surface area contributed by atoms with Gasteiger partial charge in [0.2, 0.25) is 5.89 Å². The Morgan fingerprint density at radius 3 is 2.75 bits per heavy atom. The third kappa shape index (κ3) is 3.51. The number of nitrogens with one attached hydrogen (secondary N) is 1. The molecule has 20 heavy (non-hydrogen) atoms. The highest BCUT2D eigenvalue weighted by Gasteiger charge is 2.06. The number of hydrogen-bond donors (Lipinski definition) is 2. The van der Waals surface area contributed by atoms with Crippen LogP contribution < -0.4 is 10.1 Å². The summed E-state index contributed by atoms with van der Waals surface area (Å²) in [5, 5.41) is 12.9. The summed E-state index contributed by atoms with van der Waals surface area (Å²) in [6.45, 7) is 7.47. The van der Waals surface area contributed by atoms with E-state index in [-0.39, 0.29) is 5.75 Å². The average Bonchev–Trinajstić information content (AvgIpc) is 2.73. The Labute approximate surface area is 118 Å². The van der Waals surface area contributed by atoms with Crippen molar-refractivity contribution in [3.05, 3.63) is 41.1 Å². The number of hydrogen-bond acceptors (Lipinski definition) is 5. The zero-order chi connectivity index (χ0) is 14.5. The van der Waals surface area contributed by atoms with Crippen LogP contribution in [-0.4, -0.2) is 16.7 Å². The van der Waals surface area contributed by atoms with Gasteiger partial charge in [-0.2, -0.15) is 0 Å². The molecule has 0 aliphatic heterocycles. The second kappa shape index (κ2) is 6.43. The molecule has 0 bridgehead atoms. The lowest BCUT2D eigenvalue weighted by Gasteiger charge is -2.08. The van der Waals surface area contributed by atoms with Crippen LogP contribution >= 0.6 is 0 Å². The summed E-state index contributed by atoms with van der Waals surface area (Å²) < 4.78 is 10.8. The van der Waals surface area contributed by atoms with Gasteiger partial charge in [-0.3, -0.25) is 0 Å². The molecule has 108 valence electrons. The summed E-state index contributed by atoms with van der Waals surface area (Å²) in [5.41, 5.74) is 1.95. The van der Waals surface area contributed by atoms with Crippen LogP contribution in [0.1, 0.15) is 29.8 Å². The van der Waals surface area contributed by atoms with Gasteiger partial charge >= 0.3 is 0 Å². The standard InChI is InChI=1S/C15H20N2O3/c1-4-19-14-7-12(5-6-13(14)18)8-16-9-15-17-10(2)11(3)20-15/h5-7,16,18H,4,8-9H2,1-3H3. The van der Waals surface area contributed by atoms with Crippen LogP contribution in [0, 0.1) is 13.8 Å². The molecule has 5 nitrogen and oxygen atoms in total. The lowest BCUT2D eigenvalue weighted by atomic mass is 10.2. The van der Waals surface area contributed by atoms with E-state index >= 15 is 0 Å². The molecule has 0 saturated heterocycles. The molecular weight excluding hydrogens is 256 g/mol. The topological polar surface area (TPSA) is 67.5 Å². The molecule has 0 aliphatic carbocycles. The van der Waals surface area contributed by atoms with Gasteiger partial charge in [0, 0.05) is 6.54 Å². The fourth-order valence-electron chi connectivity index (χ4n) is 1.87. The second-order valence-electron chi connectivity index (χ2n) is 4.59. The number of phenolic OH excluding ortho intramolecular Hbond substituents is 1. The number of rotatable bonds is 6. The Kier molecular flexibility index (Phi) is 4.63. The Morgan fingerprint density at radius 1 is 1.30 bits per heavy atom. The first-order valence-electron chi connectivity index (χ1n) is 6.68.